The van der Waals surface area contributed by atoms with E-state index < -0.39 is 29.2 Å². The van der Waals surface area contributed by atoms with E-state index in [9.17, 15) is 21.6 Å². The fourth-order valence-electron chi connectivity index (χ4n) is 1.27. The molecule has 0 spiro atoms. The summed E-state index contributed by atoms with van der Waals surface area (Å²) in [6.07, 6.45) is -4.85. The van der Waals surface area contributed by atoms with Crippen molar-refractivity contribution in [3.05, 3.63) is 24.3 Å². The fourth-order valence-corrected chi connectivity index (χ4v) is 1.80. The third kappa shape index (κ3) is 6.62. The fraction of sp³-hybridized carbons (Fsp3) is 0.455. The predicted octanol–water partition coefficient (Wildman–Crippen LogP) is 2.33. The molecule has 114 valence electrons. The molecule has 0 fully saturated rings. The molecule has 1 rings (SSSR count). The van der Waals surface area contributed by atoms with Crippen LogP contribution in [0.2, 0.25) is 0 Å². The topological polar surface area (TPSA) is 61.8 Å². The molecule has 0 amide bonds. The molecule has 0 bridgehead atoms. The van der Waals surface area contributed by atoms with Gasteiger partial charge in [-0.2, -0.15) is 21.6 Å². The molecule has 0 aliphatic carbocycles. The van der Waals surface area contributed by atoms with Crippen molar-refractivity contribution in [2.45, 2.75) is 19.4 Å². The van der Waals surface area contributed by atoms with Crippen LogP contribution in [0, 0.1) is 0 Å². The Morgan fingerprint density at radius 3 is 2.25 bits per heavy atom. The normalized spacial score (nSPS) is 13.8. The van der Waals surface area contributed by atoms with Crippen LogP contribution in [0.1, 0.15) is 6.92 Å². The van der Waals surface area contributed by atoms with Gasteiger partial charge in [-0.3, -0.25) is 0 Å². The van der Waals surface area contributed by atoms with Gasteiger partial charge in [0.05, 0.1) is 6.26 Å². The highest BCUT2D eigenvalue weighted by atomic mass is 32.2. The molecule has 0 aliphatic heterocycles. The lowest BCUT2D eigenvalue weighted by Gasteiger charge is -2.17. The predicted molar refractivity (Wildman–Crippen MR) is 64.0 cm³/mol. The van der Waals surface area contributed by atoms with Gasteiger partial charge in [-0.05, 0) is 19.1 Å². The number of rotatable bonds is 6. The second-order valence-corrected chi connectivity index (χ2v) is 5.44. The van der Waals surface area contributed by atoms with Gasteiger partial charge in [-0.1, -0.05) is 12.1 Å². The Labute approximate surface area is 114 Å². The Bertz CT molecular complexity index is 541. The number of alkyl halides is 3. The van der Waals surface area contributed by atoms with E-state index in [1.165, 1.54) is 31.2 Å². The van der Waals surface area contributed by atoms with Gasteiger partial charge in [-0.25, -0.2) is 4.18 Å². The standard InChI is InChI=1S/C11H13F3O5S/c1-8(19-20(2,15)16)18-10-6-4-3-5-9(10)17-7-11(12,13)14/h3-6,8H,7H2,1-2H3. The number of benzene rings is 1. The third-order valence-corrected chi connectivity index (χ3v) is 2.46. The number of hydrogen-bond donors (Lipinski definition) is 0. The average molecular weight is 314 g/mol. The quantitative estimate of drug-likeness (QED) is 0.596. The second kappa shape index (κ2) is 6.31. The molecule has 1 aromatic carbocycles. The summed E-state index contributed by atoms with van der Waals surface area (Å²) in [5, 5.41) is 0. The highest BCUT2D eigenvalue weighted by Gasteiger charge is 2.29. The average Bonchev–Trinajstić information content (AvgIpc) is 2.24. The summed E-state index contributed by atoms with van der Waals surface area (Å²) in [5.74, 6) is -0.207. The van der Waals surface area contributed by atoms with Crippen LogP contribution in [0.3, 0.4) is 0 Å². The van der Waals surface area contributed by atoms with E-state index in [0.717, 1.165) is 6.26 Å². The second-order valence-electron chi connectivity index (χ2n) is 3.84. The van der Waals surface area contributed by atoms with Crippen LogP contribution in [0.4, 0.5) is 13.2 Å². The van der Waals surface area contributed by atoms with Crippen molar-refractivity contribution in [2.24, 2.45) is 0 Å². The molecular formula is C11H13F3O5S. The first-order valence-electron chi connectivity index (χ1n) is 5.40. The van der Waals surface area contributed by atoms with Crippen molar-refractivity contribution < 1.29 is 35.2 Å². The van der Waals surface area contributed by atoms with Crippen LogP contribution in [0.15, 0.2) is 24.3 Å². The van der Waals surface area contributed by atoms with Crippen LogP contribution in [0.25, 0.3) is 0 Å². The van der Waals surface area contributed by atoms with Gasteiger partial charge >= 0.3 is 6.18 Å². The Balaban J connectivity index is 2.75. The lowest BCUT2D eigenvalue weighted by Crippen LogP contribution is -2.22. The van der Waals surface area contributed by atoms with Crippen molar-refractivity contribution in [2.75, 3.05) is 12.9 Å². The molecule has 9 heteroatoms. The van der Waals surface area contributed by atoms with E-state index in [4.69, 9.17) is 4.74 Å². The molecule has 0 aromatic heterocycles. The summed E-state index contributed by atoms with van der Waals surface area (Å²) in [7, 11) is -3.74. The van der Waals surface area contributed by atoms with Crippen molar-refractivity contribution in [1.29, 1.82) is 0 Å². The van der Waals surface area contributed by atoms with Gasteiger partial charge in [0, 0.05) is 0 Å². The van der Waals surface area contributed by atoms with Crippen molar-refractivity contribution in [1.82, 2.24) is 0 Å². The molecule has 1 aromatic rings. The maximum absolute atomic E-state index is 12.1. The lowest BCUT2D eigenvalue weighted by atomic mass is 10.3. The van der Waals surface area contributed by atoms with E-state index in [0.29, 0.717) is 0 Å². The van der Waals surface area contributed by atoms with Gasteiger partial charge in [0.2, 0.25) is 6.29 Å². The Kier molecular flexibility index (Phi) is 5.23. The zero-order valence-electron chi connectivity index (χ0n) is 10.7. The molecule has 0 radical (unpaired) electrons. The summed E-state index contributed by atoms with van der Waals surface area (Å²) in [4.78, 5) is 0. The highest BCUT2D eigenvalue weighted by Crippen LogP contribution is 2.29. The Hall–Kier alpha value is -1.48. The zero-order chi connectivity index (χ0) is 15.4. The molecule has 0 N–H and O–H groups in total. The highest BCUT2D eigenvalue weighted by molar-refractivity contribution is 7.86. The molecular weight excluding hydrogens is 301 g/mol. The molecule has 0 saturated heterocycles. The smallest absolute Gasteiger partial charge is 0.422 e. The van der Waals surface area contributed by atoms with Gasteiger partial charge < -0.3 is 9.47 Å². The first-order chi connectivity index (χ1) is 9.07. The first-order valence-corrected chi connectivity index (χ1v) is 7.22. The molecule has 0 saturated carbocycles. The Morgan fingerprint density at radius 1 is 1.20 bits per heavy atom. The van der Waals surface area contributed by atoms with E-state index in [-0.39, 0.29) is 11.5 Å². The van der Waals surface area contributed by atoms with Crippen LogP contribution in [-0.2, 0) is 14.3 Å². The lowest BCUT2D eigenvalue weighted by molar-refractivity contribution is -0.153. The van der Waals surface area contributed by atoms with E-state index >= 15 is 0 Å². The molecule has 5 nitrogen and oxygen atoms in total. The summed E-state index contributed by atoms with van der Waals surface area (Å²) in [6.45, 7) is -0.184. The van der Waals surface area contributed by atoms with Crippen molar-refractivity contribution in [3.8, 4) is 11.5 Å². The van der Waals surface area contributed by atoms with Gasteiger partial charge in [0.1, 0.15) is 0 Å². The van der Waals surface area contributed by atoms with Crippen molar-refractivity contribution >= 4 is 10.1 Å². The molecule has 1 unspecified atom stereocenters. The molecule has 0 heterocycles. The summed E-state index contributed by atoms with van der Waals surface area (Å²) >= 11 is 0. The van der Waals surface area contributed by atoms with E-state index in [2.05, 4.69) is 8.92 Å². The summed E-state index contributed by atoms with van der Waals surface area (Å²) in [6, 6.07) is 5.58. The Morgan fingerprint density at radius 2 is 1.75 bits per heavy atom. The summed E-state index contributed by atoms with van der Waals surface area (Å²) < 4.78 is 72.2. The minimum Gasteiger partial charge on any atom is -0.480 e. The van der Waals surface area contributed by atoms with Gasteiger partial charge in [0.25, 0.3) is 10.1 Å². The van der Waals surface area contributed by atoms with Crippen LogP contribution in [-0.4, -0.2) is 33.7 Å². The number of para-hydroxylation sites is 2. The summed E-state index contributed by atoms with van der Waals surface area (Å²) in [5.41, 5.74) is 0. The molecule has 20 heavy (non-hydrogen) atoms. The van der Waals surface area contributed by atoms with Crippen LogP contribution < -0.4 is 9.47 Å². The minimum absolute atomic E-state index is 0.0482. The van der Waals surface area contributed by atoms with Crippen LogP contribution in [0.5, 0.6) is 11.5 Å². The van der Waals surface area contributed by atoms with E-state index in [1.807, 2.05) is 0 Å². The third-order valence-electron chi connectivity index (χ3n) is 1.84. The monoisotopic (exact) mass is 314 g/mol. The maximum atomic E-state index is 12.1. The van der Waals surface area contributed by atoms with Gasteiger partial charge in [0.15, 0.2) is 18.1 Å². The SMILES string of the molecule is CC(Oc1ccccc1OCC(F)(F)F)OS(C)(=O)=O. The number of hydrogen-bond acceptors (Lipinski definition) is 5. The number of ether oxygens (including phenoxy) is 2. The van der Waals surface area contributed by atoms with E-state index in [1.54, 1.807) is 0 Å². The molecule has 0 aliphatic rings. The zero-order valence-corrected chi connectivity index (χ0v) is 11.5. The van der Waals surface area contributed by atoms with Crippen LogP contribution >= 0.6 is 0 Å². The largest absolute Gasteiger partial charge is 0.480 e. The minimum atomic E-state index is -4.48. The number of halogens is 3. The maximum Gasteiger partial charge on any atom is 0.422 e. The molecule has 1 atom stereocenters. The van der Waals surface area contributed by atoms with Gasteiger partial charge in [-0.15, -0.1) is 0 Å². The van der Waals surface area contributed by atoms with Crippen molar-refractivity contribution in [3.63, 3.8) is 0 Å². The first kappa shape index (κ1) is 16.6.